The molecule has 0 unspecified atom stereocenters. The third kappa shape index (κ3) is 5.92. The molecule has 2 aliphatic rings. The van der Waals surface area contributed by atoms with Crippen molar-refractivity contribution < 1.29 is 13.5 Å². The minimum Gasteiger partial charge on any atom is -0.379 e. The highest BCUT2D eigenvalue weighted by Crippen LogP contribution is 2.25. The maximum atomic E-state index is 14.7. The van der Waals surface area contributed by atoms with Crippen molar-refractivity contribution in [3.05, 3.63) is 54.0 Å². The van der Waals surface area contributed by atoms with Gasteiger partial charge in [0.2, 0.25) is 0 Å². The van der Waals surface area contributed by atoms with E-state index in [1.54, 1.807) is 23.5 Å². The van der Waals surface area contributed by atoms with Crippen LogP contribution < -0.4 is 10.7 Å². The molecule has 0 aromatic carbocycles. The van der Waals surface area contributed by atoms with Crippen LogP contribution in [-0.2, 0) is 4.74 Å². The Balaban J connectivity index is 1.28. The summed E-state index contributed by atoms with van der Waals surface area (Å²) in [5.74, 6) is -1.27. The standard InChI is InChI=1S/C25H30F2N8O/c1-17(2)18-10-24(33-29-12-18)32-23-4-3-21-22(31-23)9-19(11-28-21)20-13-30-35(14-20)16-25(26,27)15-34-5-7-36-8-6-34/h3-4,9-12,14,17,30H,5-8,13,15-16H2,1-2H3,(H,31,32,33). The summed E-state index contributed by atoms with van der Waals surface area (Å²) in [6, 6.07) is 7.60. The molecular formula is C25H30F2N8O. The van der Waals surface area contributed by atoms with Gasteiger partial charge in [-0.05, 0) is 41.3 Å². The second kappa shape index (κ2) is 10.4. The molecular weight excluding hydrogens is 466 g/mol. The van der Waals surface area contributed by atoms with Crippen LogP contribution >= 0.6 is 0 Å². The number of alkyl halides is 2. The molecule has 0 atom stereocenters. The molecule has 3 aromatic heterocycles. The van der Waals surface area contributed by atoms with E-state index in [2.05, 4.69) is 44.8 Å². The van der Waals surface area contributed by atoms with Gasteiger partial charge >= 0.3 is 0 Å². The Morgan fingerprint density at radius 3 is 2.72 bits per heavy atom. The molecule has 0 amide bonds. The number of nitrogens with zero attached hydrogens (tertiary/aromatic N) is 6. The summed E-state index contributed by atoms with van der Waals surface area (Å²) in [4.78, 5) is 10.9. The minimum absolute atomic E-state index is 0.278. The summed E-state index contributed by atoms with van der Waals surface area (Å²) in [7, 11) is 0. The number of halogens is 2. The normalized spacial score (nSPS) is 17.1. The first-order chi connectivity index (χ1) is 17.3. The van der Waals surface area contributed by atoms with Crippen LogP contribution in [0.4, 0.5) is 20.4 Å². The molecule has 2 N–H and O–H groups in total. The van der Waals surface area contributed by atoms with Gasteiger partial charge in [-0.25, -0.2) is 19.2 Å². The summed E-state index contributed by atoms with van der Waals surface area (Å²) in [5, 5.41) is 12.9. The summed E-state index contributed by atoms with van der Waals surface area (Å²) < 4.78 is 34.6. The predicted molar refractivity (Wildman–Crippen MR) is 134 cm³/mol. The Morgan fingerprint density at radius 1 is 1.08 bits per heavy atom. The number of hydrazine groups is 1. The highest BCUT2D eigenvalue weighted by atomic mass is 19.3. The van der Waals surface area contributed by atoms with Crippen molar-refractivity contribution >= 4 is 28.2 Å². The van der Waals surface area contributed by atoms with Gasteiger partial charge < -0.3 is 15.1 Å². The first-order valence-corrected chi connectivity index (χ1v) is 12.1. The summed E-state index contributed by atoms with van der Waals surface area (Å²) in [6.07, 6.45) is 5.23. The van der Waals surface area contributed by atoms with Gasteiger partial charge in [-0.2, -0.15) is 5.10 Å². The number of pyridine rings is 2. The molecule has 5 heterocycles. The van der Waals surface area contributed by atoms with Crippen molar-refractivity contribution in [3.8, 4) is 0 Å². The van der Waals surface area contributed by atoms with E-state index in [4.69, 9.17) is 4.74 Å². The van der Waals surface area contributed by atoms with Gasteiger partial charge in [-0.3, -0.25) is 9.88 Å². The molecule has 0 bridgehead atoms. The Hall–Kier alpha value is -3.28. The van der Waals surface area contributed by atoms with Gasteiger partial charge in [0.1, 0.15) is 5.82 Å². The molecule has 190 valence electrons. The number of rotatable bonds is 8. The molecule has 36 heavy (non-hydrogen) atoms. The van der Waals surface area contributed by atoms with Gasteiger partial charge in [0.05, 0.1) is 43.5 Å². The number of ether oxygens (including phenoxy) is 1. The Labute approximate surface area is 208 Å². The number of nitrogens with one attached hydrogen (secondary N) is 2. The largest absolute Gasteiger partial charge is 0.379 e. The van der Waals surface area contributed by atoms with E-state index >= 15 is 0 Å². The molecule has 9 nitrogen and oxygen atoms in total. The second-order valence-corrected chi connectivity index (χ2v) is 9.47. The third-order valence-electron chi connectivity index (χ3n) is 6.25. The van der Waals surface area contributed by atoms with Crippen LogP contribution in [-0.4, -0.2) is 81.9 Å². The van der Waals surface area contributed by atoms with Crippen molar-refractivity contribution in [1.29, 1.82) is 0 Å². The van der Waals surface area contributed by atoms with E-state index < -0.39 is 12.5 Å². The highest BCUT2D eigenvalue weighted by Gasteiger charge is 2.35. The first-order valence-electron chi connectivity index (χ1n) is 12.1. The molecule has 2 aliphatic heterocycles. The highest BCUT2D eigenvalue weighted by molar-refractivity contribution is 5.81. The van der Waals surface area contributed by atoms with Crippen LogP contribution in [0.5, 0.6) is 0 Å². The Kier molecular flexibility index (Phi) is 7.04. The lowest BCUT2D eigenvalue weighted by atomic mass is 10.1. The van der Waals surface area contributed by atoms with Gasteiger partial charge in [-0.1, -0.05) is 13.8 Å². The molecule has 1 fully saturated rings. The van der Waals surface area contributed by atoms with E-state index in [0.717, 1.165) is 22.2 Å². The maximum absolute atomic E-state index is 14.7. The van der Waals surface area contributed by atoms with Crippen LogP contribution in [0, 0.1) is 0 Å². The van der Waals surface area contributed by atoms with Gasteiger partial charge in [-0.15, -0.1) is 5.10 Å². The molecule has 5 rings (SSSR count). The van der Waals surface area contributed by atoms with E-state index in [-0.39, 0.29) is 6.54 Å². The summed E-state index contributed by atoms with van der Waals surface area (Å²) in [5.41, 5.74) is 7.28. The number of hydrogen-bond donors (Lipinski definition) is 2. The van der Waals surface area contributed by atoms with Crippen LogP contribution in [0.1, 0.15) is 30.9 Å². The molecule has 11 heteroatoms. The average Bonchev–Trinajstić information content (AvgIpc) is 3.31. The van der Waals surface area contributed by atoms with Crippen molar-refractivity contribution in [3.63, 3.8) is 0 Å². The zero-order valence-corrected chi connectivity index (χ0v) is 20.4. The van der Waals surface area contributed by atoms with Crippen molar-refractivity contribution in [2.24, 2.45) is 0 Å². The second-order valence-electron chi connectivity index (χ2n) is 9.47. The number of anilines is 2. The smallest absolute Gasteiger partial charge is 0.279 e. The first kappa shape index (κ1) is 24.4. The van der Waals surface area contributed by atoms with Crippen LogP contribution in [0.25, 0.3) is 16.6 Å². The maximum Gasteiger partial charge on any atom is 0.279 e. The summed E-state index contributed by atoms with van der Waals surface area (Å²) in [6.45, 7) is 6.02. The fourth-order valence-corrected chi connectivity index (χ4v) is 4.27. The predicted octanol–water partition coefficient (Wildman–Crippen LogP) is 3.42. The fourth-order valence-electron chi connectivity index (χ4n) is 4.27. The van der Waals surface area contributed by atoms with Gasteiger partial charge in [0.25, 0.3) is 5.92 Å². The lowest BCUT2D eigenvalue weighted by Gasteiger charge is -2.31. The number of morpholine rings is 1. The monoisotopic (exact) mass is 496 g/mol. The zero-order chi connectivity index (χ0) is 25.1. The van der Waals surface area contributed by atoms with Crippen molar-refractivity contribution in [1.82, 2.24) is 35.5 Å². The molecule has 0 saturated carbocycles. The Bertz CT molecular complexity index is 1250. The number of aromatic nitrogens is 4. The number of fused-ring (bicyclic) bond motifs is 1. The van der Waals surface area contributed by atoms with Crippen LogP contribution in [0.2, 0.25) is 0 Å². The molecule has 0 spiro atoms. The Morgan fingerprint density at radius 2 is 1.92 bits per heavy atom. The molecule has 3 aromatic rings. The van der Waals surface area contributed by atoms with Crippen molar-refractivity contribution in [2.45, 2.75) is 25.7 Å². The summed E-state index contributed by atoms with van der Waals surface area (Å²) >= 11 is 0. The lowest BCUT2D eigenvalue weighted by molar-refractivity contribution is -0.0730. The number of hydrogen-bond acceptors (Lipinski definition) is 9. The fraction of sp³-hybridized carbons (Fsp3) is 0.440. The van der Waals surface area contributed by atoms with E-state index in [1.165, 1.54) is 5.01 Å². The third-order valence-corrected chi connectivity index (χ3v) is 6.25. The van der Waals surface area contributed by atoms with Crippen LogP contribution in [0.15, 0.2) is 42.9 Å². The average molecular weight is 497 g/mol. The zero-order valence-electron chi connectivity index (χ0n) is 20.4. The lowest BCUT2D eigenvalue weighted by Crippen LogP contribution is -2.49. The van der Waals surface area contributed by atoms with Crippen molar-refractivity contribution in [2.75, 3.05) is 51.3 Å². The molecule has 1 saturated heterocycles. The molecule has 0 radical (unpaired) electrons. The van der Waals surface area contributed by atoms with E-state index in [1.807, 2.05) is 24.3 Å². The van der Waals surface area contributed by atoms with E-state index in [0.29, 0.717) is 55.9 Å². The van der Waals surface area contributed by atoms with Crippen LogP contribution in [0.3, 0.4) is 0 Å². The minimum atomic E-state index is -2.85. The molecule has 0 aliphatic carbocycles. The van der Waals surface area contributed by atoms with E-state index in [9.17, 15) is 8.78 Å². The van der Waals surface area contributed by atoms with Gasteiger partial charge in [0.15, 0.2) is 5.82 Å². The topological polar surface area (TPSA) is 91.3 Å². The quantitative estimate of drug-likeness (QED) is 0.487. The SMILES string of the molecule is CC(C)c1cnnc(Nc2ccc3ncc(C4=CN(CC(F)(F)CN5CCOCC5)NC4)cc3n2)c1. The van der Waals surface area contributed by atoms with Gasteiger partial charge in [0, 0.05) is 37.6 Å².